The second-order valence-electron chi connectivity index (χ2n) is 12.9. The molecule has 2 unspecified atom stereocenters. The molecule has 209 valence electrons. The number of hydrogen-bond donors (Lipinski definition) is 0. The maximum absolute atomic E-state index is 8.32. The molecular formula is C36H43Cl2SiZr. The Labute approximate surface area is 250 Å². The molecule has 4 heteroatoms. The summed E-state index contributed by atoms with van der Waals surface area (Å²) in [5.74, 6) is -0.745. The van der Waals surface area contributed by atoms with Crippen molar-refractivity contribution in [3.05, 3.63) is 106 Å². The number of hydrogen-bond acceptors (Lipinski definition) is 0. The molecule has 0 spiro atoms. The van der Waals surface area contributed by atoms with Gasteiger partial charge in [0.25, 0.3) is 0 Å². The Hall–Kier alpha value is -1.18. The maximum atomic E-state index is 8.32. The van der Waals surface area contributed by atoms with E-state index in [-0.39, 0.29) is 7.25 Å². The van der Waals surface area contributed by atoms with Gasteiger partial charge in [0.1, 0.15) is 0 Å². The molecule has 40 heavy (non-hydrogen) atoms. The van der Waals surface area contributed by atoms with Crippen molar-refractivity contribution < 1.29 is 15.6 Å². The minimum absolute atomic E-state index is 0.173. The molecule has 0 saturated heterocycles. The zero-order chi connectivity index (χ0) is 27.9. The van der Waals surface area contributed by atoms with Crippen LogP contribution >= 0.6 is 17.0 Å². The van der Waals surface area contributed by atoms with Gasteiger partial charge in [-0.25, -0.2) is 0 Å². The second-order valence-corrected chi connectivity index (χ2v) is 55.5. The Morgan fingerprint density at radius 2 is 1.57 bits per heavy atom. The van der Waals surface area contributed by atoms with E-state index in [0.717, 1.165) is 12.3 Å². The van der Waals surface area contributed by atoms with Crippen molar-refractivity contribution in [3.8, 4) is 11.1 Å². The molecule has 1 saturated carbocycles. The first-order valence-electron chi connectivity index (χ1n) is 15.6. The molecule has 3 aromatic rings. The summed E-state index contributed by atoms with van der Waals surface area (Å²) < 4.78 is 0.354. The molecule has 2 atom stereocenters. The molecule has 3 aliphatic rings. The van der Waals surface area contributed by atoms with Crippen molar-refractivity contribution in [2.24, 2.45) is 0 Å². The van der Waals surface area contributed by atoms with Crippen LogP contribution in [0, 0.1) is 0 Å². The molecule has 0 aromatic heterocycles. The molecule has 0 aliphatic heterocycles. The van der Waals surface area contributed by atoms with Crippen LogP contribution in [-0.2, 0) is 15.6 Å². The first kappa shape index (κ1) is 28.9. The van der Waals surface area contributed by atoms with E-state index < -0.39 is 21.5 Å². The Kier molecular flexibility index (Phi) is 8.30. The van der Waals surface area contributed by atoms with Gasteiger partial charge in [-0.3, -0.25) is 0 Å². The quantitative estimate of drug-likeness (QED) is 0.210. The standard InChI is InChI=1S/C25H29.C9H7.C2H7Si.2ClH.Zr/c1-2-3-8-19-17-23-11-7-12-24(25(23)18-19)22-15-13-21(14-16-22)20-9-5-4-6-10-20;1-2-5-9-7-3-6-8(9)4-1;1-3-2;;;/h7,11-18,20H,2-6,8-10H2,1H3;1-7H;3H,1-2H3;2*1H;/q;;;;;+2/p-2. The Bertz CT molecular complexity index is 1450. The molecule has 0 nitrogen and oxygen atoms in total. The van der Waals surface area contributed by atoms with Crippen molar-refractivity contribution in [2.75, 3.05) is 0 Å². The Morgan fingerprint density at radius 1 is 0.850 bits per heavy atom. The predicted octanol–water partition coefficient (Wildman–Crippen LogP) is 11.8. The van der Waals surface area contributed by atoms with Crippen LogP contribution in [0.3, 0.4) is 0 Å². The van der Waals surface area contributed by atoms with Crippen LogP contribution in [0.25, 0.3) is 23.3 Å². The van der Waals surface area contributed by atoms with Gasteiger partial charge in [0.2, 0.25) is 0 Å². The number of fused-ring (bicyclic) bond motifs is 2. The van der Waals surface area contributed by atoms with Gasteiger partial charge in [-0.2, -0.15) is 0 Å². The van der Waals surface area contributed by atoms with E-state index in [1.165, 1.54) is 89.5 Å². The first-order valence-corrected chi connectivity index (χ1v) is 31.9. The molecule has 0 radical (unpaired) electrons. The van der Waals surface area contributed by atoms with Gasteiger partial charge >= 0.3 is 253 Å². The van der Waals surface area contributed by atoms with E-state index in [1.54, 1.807) is 0 Å². The van der Waals surface area contributed by atoms with Crippen molar-refractivity contribution in [1.29, 1.82) is 0 Å². The Balaban J connectivity index is 1.46. The van der Waals surface area contributed by atoms with E-state index in [0.29, 0.717) is 0 Å². The molecule has 0 N–H and O–H groups in total. The summed E-state index contributed by atoms with van der Waals surface area (Å²) in [6.45, 7) is 7.16. The van der Waals surface area contributed by atoms with Crippen LogP contribution in [0.2, 0.25) is 13.1 Å². The van der Waals surface area contributed by atoms with Crippen LogP contribution in [0.5, 0.6) is 0 Å². The summed E-state index contributed by atoms with van der Waals surface area (Å²) in [6, 6.07) is 25.3. The van der Waals surface area contributed by atoms with Gasteiger partial charge in [-0.1, -0.05) is 0 Å². The van der Waals surface area contributed by atoms with Gasteiger partial charge in [0.15, 0.2) is 0 Å². The summed E-state index contributed by atoms with van der Waals surface area (Å²) in [4.78, 5) is 0. The minimum atomic E-state index is -4.53. The summed E-state index contributed by atoms with van der Waals surface area (Å²) >= 11 is -4.53. The molecule has 0 amide bonds. The molecule has 1 fully saturated rings. The monoisotopic (exact) mass is 663 g/mol. The van der Waals surface area contributed by atoms with Crippen LogP contribution in [0.4, 0.5) is 0 Å². The van der Waals surface area contributed by atoms with Gasteiger partial charge in [0, 0.05) is 0 Å². The average Bonchev–Trinajstić information content (AvgIpc) is 3.59. The van der Waals surface area contributed by atoms with Crippen LogP contribution in [0.15, 0.2) is 78.4 Å². The molecule has 0 heterocycles. The second kappa shape index (κ2) is 11.5. The van der Waals surface area contributed by atoms with E-state index in [1.807, 2.05) is 0 Å². The predicted molar refractivity (Wildman–Crippen MR) is 177 cm³/mol. The van der Waals surface area contributed by atoms with E-state index >= 15 is 0 Å². The first-order chi connectivity index (χ1) is 19.3. The summed E-state index contributed by atoms with van der Waals surface area (Å²) in [5.41, 5.74) is 11.1. The zero-order valence-electron chi connectivity index (χ0n) is 24.3. The number of rotatable bonds is 8. The number of benzene rings is 3. The normalized spacial score (nSPS) is 21.6. The zero-order valence-corrected chi connectivity index (χ0v) is 29.4. The van der Waals surface area contributed by atoms with Crippen LogP contribution in [0.1, 0.15) is 99.3 Å². The average molecular weight is 666 g/mol. The molecule has 0 bridgehead atoms. The topological polar surface area (TPSA) is 0 Å². The summed E-state index contributed by atoms with van der Waals surface area (Å²) in [6.07, 6.45) is 17.4. The molecule has 3 aliphatic carbocycles. The molecular weight excluding hydrogens is 623 g/mol. The van der Waals surface area contributed by atoms with Gasteiger partial charge in [-0.15, -0.1) is 0 Å². The number of halogens is 2. The third kappa shape index (κ3) is 4.84. The van der Waals surface area contributed by atoms with Crippen molar-refractivity contribution in [2.45, 2.75) is 84.6 Å². The number of unbranched alkanes of at least 4 members (excludes halogenated alkanes) is 1. The molecule has 6 rings (SSSR count). The van der Waals surface area contributed by atoms with Crippen molar-refractivity contribution in [1.82, 2.24) is 0 Å². The van der Waals surface area contributed by atoms with Gasteiger partial charge in [0.05, 0.1) is 0 Å². The Morgan fingerprint density at radius 3 is 2.30 bits per heavy atom. The third-order valence-electron chi connectivity index (χ3n) is 10.3. The fourth-order valence-electron chi connectivity index (χ4n) is 7.94. The summed E-state index contributed by atoms with van der Waals surface area (Å²) in [5, 5.41) is 0. The SMILES string of the molecule is CCCCC1=Cc2c(-c3ccc(C4CCCCC4)cc3)cccc2[CH]1[Zr]([Cl])([Cl])([CH]1C=Cc2ccccc21)[SiH](C)C. The van der Waals surface area contributed by atoms with E-state index in [2.05, 4.69) is 105 Å². The van der Waals surface area contributed by atoms with Crippen LogP contribution < -0.4 is 0 Å². The van der Waals surface area contributed by atoms with E-state index in [4.69, 9.17) is 17.0 Å². The summed E-state index contributed by atoms with van der Waals surface area (Å²) in [7, 11) is 16.6. The molecule has 3 aromatic carbocycles. The third-order valence-corrected chi connectivity index (χ3v) is 62.3. The van der Waals surface area contributed by atoms with Crippen molar-refractivity contribution >= 4 is 35.1 Å². The van der Waals surface area contributed by atoms with Gasteiger partial charge in [-0.05, 0) is 0 Å². The number of allylic oxidation sites excluding steroid dienone is 2. The van der Waals surface area contributed by atoms with Gasteiger partial charge < -0.3 is 0 Å². The van der Waals surface area contributed by atoms with E-state index in [9.17, 15) is 0 Å². The van der Waals surface area contributed by atoms with Crippen molar-refractivity contribution in [3.63, 3.8) is 0 Å². The van der Waals surface area contributed by atoms with Crippen LogP contribution in [-0.4, -0.2) is 5.92 Å². The fraction of sp³-hybridized carbons (Fsp3) is 0.389. The fourth-order valence-corrected chi connectivity index (χ4v) is 37.4.